The molecule has 0 radical (unpaired) electrons. The van der Waals surface area contributed by atoms with Crippen molar-refractivity contribution in [3.63, 3.8) is 0 Å². The maximum absolute atomic E-state index is 5.75. The van der Waals surface area contributed by atoms with Crippen LogP contribution in [0.15, 0.2) is 11.6 Å². The highest BCUT2D eigenvalue weighted by atomic mass is 32.1. The molecule has 2 heterocycles. The molecule has 0 spiro atoms. The molecule has 2 rings (SSSR count). The SMILES string of the molecule is CCCC1CC(NCCc2nccs2)CCO1. The Morgan fingerprint density at radius 2 is 2.53 bits per heavy atom. The van der Waals surface area contributed by atoms with Crippen LogP contribution in [0.25, 0.3) is 0 Å². The van der Waals surface area contributed by atoms with Gasteiger partial charge in [0.2, 0.25) is 0 Å². The van der Waals surface area contributed by atoms with Crippen molar-refractivity contribution in [2.24, 2.45) is 0 Å². The molecular weight excluding hydrogens is 232 g/mol. The molecule has 0 aromatic carbocycles. The summed E-state index contributed by atoms with van der Waals surface area (Å²) in [6.07, 6.45) is 8.15. The minimum absolute atomic E-state index is 0.478. The molecule has 1 fully saturated rings. The van der Waals surface area contributed by atoms with Gasteiger partial charge in [-0.2, -0.15) is 0 Å². The zero-order chi connectivity index (χ0) is 11.9. The van der Waals surface area contributed by atoms with Gasteiger partial charge in [-0.1, -0.05) is 13.3 Å². The van der Waals surface area contributed by atoms with E-state index in [1.165, 1.54) is 24.3 Å². The van der Waals surface area contributed by atoms with Gasteiger partial charge in [0.15, 0.2) is 0 Å². The molecule has 4 heteroatoms. The molecule has 1 aliphatic rings. The fourth-order valence-electron chi connectivity index (χ4n) is 2.35. The van der Waals surface area contributed by atoms with Gasteiger partial charge in [-0.25, -0.2) is 4.98 Å². The van der Waals surface area contributed by atoms with E-state index in [4.69, 9.17) is 4.74 Å². The Morgan fingerprint density at radius 1 is 1.59 bits per heavy atom. The predicted octanol–water partition coefficient (Wildman–Crippen LogP) is 2.62. The van der Waals surface area contributed by atoms with E-state index in [0.717, 1.165) is 26.0 Å². The number of ether oxygens (including phenoxy) is 1. The van der Waals surface area contributed by atoms with Gasteiger partial charge in [-0.05, 0) is 19.3 Å². The smallest absolute Gasteiger partial charge is 0.0937 e. The standard InChI is InChI=1S/C13H22N2OS/c1-2-3-12-10-11(5-8-16-12)14-6-4-13-15-7-9-17-13/h7,9,11-12,14H,2-6,8,10H2,1H3. The third-order valence-electron chi connectivity index (χ3n) is 3.23. The van der Waals surface area contributed by atoms with Gasteiger partial charge in [0.25, 0.3) is 0 Å². The van der Waals surface area contributed by atoms with Crippen LogP contribution in [0, 0.1) is 0 Å². The van der Waals surface area contributed by atoms with Crippen molar-refractivity contribution in [1.29, 1.82) is 0 Å². The zero-order valence-electron chi connectivity index (χ0n) is 10.5. The first-order valence-corrected chi connectivity index (χ1v) is 7.49. The van der Waals surface area contributed by atoms with E-state index in [-0.39, 0.29) is 0 Å². The summed E-state index contributed by atoms with van der Waals surface area (Å²) in [7, 11) is 0. The molecule has 1 aromatic heterocycles. The summed E-state index contributed by atoms with van der Waals surface area (Å²) in [4.78, 5) is 4.30. The van der Waals surface area contributed by atoms with Crippen molar-refractivity contribution in [2.75, 3.05) is 13.2 Å². The number of aromatic nitrogens is 1. The van der Waals surface area contributed by atoms with Gasteiger partial charge in [0.1, 0.15) is 0 Å². The lowest BCUT2D eigenvalue weighted by Crippen LogP contribution is -2.39. The first-order valence-electron chi connectivity index (χ1n) is 6.62. The summed E-state index contributed by atoms with van der Waals surface area (Å²) in [5, 5.41) is 6.91. The van der Waals surface area contributed by atoms with Crippen molar-refractivity contribution in [3.8, 4) is 0 Å². The molecule has 3 nitrogen and oxygen atoms in total. The Kier molecular flexibility index (Phi) is 5.42. The highest BCUT2D eigenvalue weighted by Gasteiger charge is 2.21. The van der Waals surface area contributed by atoms with E-state index >= 15 is 0 Å². The first-order chi connectivity index (χ1) is 8.38. The average Bonchev–Trinajstić information content (AvgIpc) is 2.83. The molecule has 2 unspecified atom stereocenters. The van der Waals surface area contributed by atoms with Crippen LogP contribution in [0.4, 0.5) is 0 Å². The largest absolute Gasteiger partial charge is 0.378 e. The third-order valence-corrected chi connectivity index (χ3v) is 4.07. The van der Waals surface area contributed by atoms with Gasteiger partial charge in [-0.3, -0.25) is 0 Å². The Bertz CT molecular complexity index is 300. The fourth-order valence-corrected chi connectivity index (χ4v) is 2.97. The van der Waals surface area contributed by atoms with Gasteiger partial charge in [-0.15, -0.1) is 11.3 Å². The number of thiazole rings is 1. The van der Waals surface area contributed by atoms with Crippen LogP contribution in [-0.2, 0) is 11.2 Å². The van der Waals surface area contributed by atoms with Gasteiger partial charge in [0, 0.05) is 37.2 Å². The van der Waals surface area contributed by atoms with Crippen LogP contribution < -0.4 is 5.32 Å². The Morgan fingerprint density at radius 3 is 3.29 bits per heavy atom. The van der Waals surface area contributed by atoms with Gasteiger partial charge in [0.05, 0.1) is 11.1 Å². The Balaban J connectivity index is 1.65. The highest BCUT2D eigenvalue weighted by molar-refractivity contribution is 7.09. The minimum atomic E-state index is 0.478. The van der Waals surface area contributed by atoms with Crippen LogP contribution in [0.2, 0.25) is 0 Å². The lowest BCUT2D eigenvalue weighted by atomic mass is 10.00. The second kappa shape index (κ2) is 7.09. The van der Waals surface area contributed by atoms with Gasteiger partial charge >= 0.3 is 0 Å². The summed E-state index contributed by atoms with van der Waals surface area (Å²) >= 11 is 1.74. The number of nitrogens with one attached hydrogen (secondary N) is 1. The fraction of sp³-hybridized carbons (Fsp3) is 0.769. The van der Waals surface area contributed by atoms with Crippen LogP contribution in [0.3, 0.4) is 0 Å². The summed E-state index contributed by atoms with van der Waals surface area (Å²) in [5.41, 5.74) is 0. The van der Waals surface area contributed by atoms with E-state index in [2.05, 4.69) is 17.2 Å². The molecule has 0 aliphatic carbocycles. The Hall–Kier alpha value is -0.450. The molecule has 1 aliphatic heterocycles. The van der Waals surface area contributed by atoms with Crippen molar-refractivity contribution in [3.05, 3.63) is 16.6 Å². The van der Waals surface area contributed by atoms with E-state index in [1.54, 1.807) is 11.3 Å². The lowest BCUT2D eigenvalue weighted by molar-refractivity contribution is -0.00300. The lowest BCUT2D eigenvalue weighted by Gasteiger charge is -2.30. The third kappa shape index (κ3) is 4.37. The minimum Gasteiger partial charge on any atom is -0.378 e. The van der Waals surface area contributed by atoms with Crippen LogP contribution in [-0.4, -0.2) is 30.3 Å². The average molecular weight is 254 g/mol. The van der Waals surface area contributed by atoms with Crippen LogP contribution >= 0.6 is 11.3 Å². The molecule has 0 amide bonds. The molecule has 0 saturated carbocycles. The molecular formula is C13H22N2OS. The van der Waals surface area contributed by atoms with Crippen molar-refractivity contribution >= 4 is 11.3 Å². The maximum Gasteiger partial charge on any atom is 0.0937 e. The number of hydrogen-bond donors (Lipinski definition) is 1. The van der Waals surface area contributed by atoms with Crippen molar-refractivity contribution in [1.82, 2.24) is 10.3 Å². The van der Waals surface area contributed by atoms with E-state index < -0.39 is 0 Å². The van der Waals surface area contributed by atoms with Gasteiger partial charge < -0.3 is 10.1 Å². The first kappa shape index (κ1) is 13.0. The number of nitrogens with zero attached hydrogens (tertiary/aromatic N) is 1. The monoisotopic (exact) mass is 254 g/mol. The second-order valence-electron chi connectivity index (χ2n) is 4.63. The number of hydrogen-bond acceptors (Lipinski definition) is 4. The summed E-state index contributed by atoms with van der Waals surface area (Å²) in [6.45, 7) is 4.18. The quantitative estimate of drug-likeness (QED) is 0.847. The summed E-state index contributed by atoms with van der Waals surface area (Å²) < 4.78 is 5.75. The van der Waals surface area contributed by atoms with Crippen LogP contribution in [0.5, 0.6) is 0 Å². The van der Waals surface area contributed by atoms with Crippen LogP contribution in [0.1, 0.15) is 37.6 Å². The van der Waals surface area contributed by atoms with E-state index in [1.807, 2.05) is 11.6 Å². The predicted molar refractivity (Wildman–Crippen MR) is 71.5 cm³/mol. The van der Waals surface area contributed by atoms with Crippen molar-refractivity contribution < 1.29 is 4.74 Å². The summed E-state index contributed by atoms with van der Waals surface area (Å²) in [6, 6.07) is 0.639. The zero-order valence-corrected chi connectivity index (χ0v) is 11.3. The molecule has 1 saturated heterocycles. The number of rotatable bonds is 6. The summed E-state index contributed by atoms with van der Waals surface area (Å²) in [5.74, 6) is 0. The molecule has 1 N–H and O–H groups in total. The maximum atomic E-state index is 5.75. The molecule has 17 heavy (non-hydrogen) atoms. The van der Waals surface area contributed by atoms with E-state index in [0.29, 0.717) is 12.1 Å². The van der Waals surface area contributed by atoms with E-state index in [9.17, 15) is 0 Å². The molecule has 96 valence electrons. The normalized spacial score (nSPS) is 25.0. The second-order valence-corrected chi connectivity index (χ2v) is 5.61. The topological polar surface area (TPSA) is 34.2 Å². The molecule has 1 aromatic rings. The molecule has 2 atom stereocenters. The highest BCUT2D eigenvalue weighted by Crippen LogP contribution is 2.17. The molecule has 0 bridgehead atoms. The van der Waals surface area contributed by atoms with Crippen molar-refractivity contribution in [2.45, 2.75) is 51.2 Å². The Labute approximate surface area is 108 Å².